The molecule has 0 radical (unpaired) electrons. The van der Waals surface area contributed by atoms with Crippen molar-refractivity contribution in [2.24, 2.45) is 0 Å². The molecular weight excluding hydrogens is 296 g/mol. The number of aromatic nitrogens is 1. The first kappa shape index (κ1) is 17.2. The van der Waals surface area contributed by atoms with Gasteiger partial charge < -0.3 is 9.64 Å². The summed E-state index contributed by atoms with van der Waals surface area (Å²) in [5, 5.41) is 3.31. The molecule has 1 aliphatic rings. The zero-order valence-corrected chi connectivity index (χ0v) is 14.4. The summed E-state index contributed by atoms with van der Waals surface area (Å²) in [6, 6.07) is 0. The van der Waals surface area contributed by atoms with Gasteiger partial charge in [0.05, 0.1) is 17.3 Å². The topological polar surface area (TPSA) is 42.4 Å². The number of thiazole rings is 1. The second-order valence-corrected chi connectivity index (χ2v) is 6.63. The molecule has 2 heterocycles. The number of piperidine rings is 1. The van der Waals surface area contributed by atoms with E-state index in [2.05, 4.69) is 23.9 Å². The largest absolute Gasteiger partial charge is 0.368 e. The van der Waals surface area contributed by atoms with Crippen molar-refractivity contribution < 1.29 is 9.53 Å². The van der Waals surface area contributed by atoms with E-state index in [-0.39, 0.29) is 12.0 Å². The lowest BCUT2D eigenvalue weighted by molar-refractivity contribution is -0.143. The molecule has 122 valence electrons. The van der Waals surface area contributed by atoms with Crippen LogP contribution in [0.25, 0.3) is 0 Å². The maximum absolute atomic E-state index is 12.5. The smallest absolute Gasteiger partial charge is 0.251 e. The van der Waals surface area contributed by atoms with E-state index in [1.54, 1.807) is 11.3 Å². The maximum atomic E-state index is 12.5. The number of carbonyl (C=O) groups is 1. The number of nitrogens with zero attached hydrogens (tertiary/aromatic N) is 2. The van der Waals surface area contributed by atoms with Gasteiger partial charge in [0.1, 0.15) is 6.10 Å². The highest BCUT2D eigenvalue weighted by molar-refractivity contribution is 7.09. The number of hydrogen-bond acceptors (Lipinski definition) is 4. The summed E-state index contributed by atoms with van der Waals surface area (Å²) in [4.78, 5) is 19.1. The second-order valence-electron chi connectivity index (χ2n) is 5.74. The van der Waals surface area contributed by atoms with Gasteiger partial charge in [0, 0.05) is 24.4 Å². The van der Waals surface area contributed by atoms with Gasteiger partial charge in [-0.25, -0.2) is 4.98 Å². The Kier molecular flexibility index (Phi) is 6.58. The van der Waals surface area contributed by atoms with Gasteiger partial charge in [-0.15, -0.1) is 17.9 Å². The number of aryl methyl sites for hydroxylation is 1. The van der Waals surface area contributed by atoms with Crippen molar-refractivity contribution in [3.05, 3.63) is 28.7 Å². The molecule has 1 amide bonds. The third kappa shape index (κ3) is 4.40. The third-order valence-electron chi connectivity index (χ3n) is 4.05. The summed E-state index contributed by atoms with van der Waals surface area (Å²) in [7, 11) is 0. The summed E-state index contributed by atoms with van der Waals surface area (Å²) in [6.45, 7) is 9.78. The molecule has 1 saturated heterocycles. The Labute approximate surface area is 137 Å². The number of carbonyl (C=O) groups excluding carboxylic acids is 1. The molecule has 1 aromatic rings. The fourth-order valence-electron chi connectivity index (χ4n) is 2.71. The van der Waals surface area contributed by atoms with Crippen molar-refractivity contribution in [3.63, 3.8) is 0 Å². The summed E-state index contributed by atoms with van der Waals surface area (Å²) in [5.41, 5.74) is 1.16. The first-order chi connectivity index (χ1) is 10.7. The van der Waals surface area contributed by atoms with Crippen LogP contribution >= 0.6 is 11.3 Å². The van der Waals surface area contributed by atoms with Gasteiger partial charge in [0.2, 0.25) is 0 Å². The fourth-order valence-corrected chi connectivity index (χ4v) is 3.74. The molecule has 22 heavy (non-hydrogen) atoms. The van der Waals surface area contributed by atoms with E-state index in [0.29, 0.717) is 12.5 Å². The lowest BCUT2D eigenvalue weighted by Crippen LogP contribution is -2.44. The van der Waals surface area contributed by atoms with Crippen LogP contribution in [0.15, 0.2) is 18.0 Å². The Hall–Kier alpha value is -1.20. The molecule has 0 aliphatic carbocycles. The van der Waals surface area contributed by atoms with Crippen molar-refractivity contribution in [2.45, 2.75) is 51.6 Å². The molecule has 1 fully saturated rings. The average molecular weight is 322 g/mol. The van der Waals surface area contributed by atoms with E-state index in [1.165, 1.54) is 5.01 Å². The van der Waals surface area contributed by atoms with Crippen molar-refractivity contribution >= 4 is 17.2 Å². The normalized spacial score (nSPS) is 19.9. The van der Waals surface area contributed by atoms with Gasteiger partial charge in [0.25, 0.3) is 5.91 Å². The number of ether oxygens (including phenoxy) is 1. The van der Waals surface area contributed by atoms with Crippen LogP contribution in [0, 0.1) is 0 Å². The predicted octanol–water partition coefficient (Wildman–Crippen LogP) is 3.39. The van der Waals surface area contributed by atoms with Crippen LogP contribution in [0.4, 0.5) is 0 Å². The molecule has 0 saturated carbocycles. The summed E-state index contributed by atoms with van der Waals surface area (Å²) >= 11 is 1.73. The van der Waals surface area contributed by atoms with Crippen molar-refractivity contribution in [1.29, 1.82) is 0 Å². The van der Waals surface area contributed by atoms with Gasteiger partial charge in [0.15, 0.2) is 0 Å². The van der Waals surface area contributed by atoms with Crippen LogP contribution in [0.5, 0.6) is 0 Å². The zero-order chi connectivity index (χ0) is 15.9. The Morgan fingerprint density at radius 1 is 1.68 bits per heavy atom. The Morgan fingerprint density at radius 2 is 2.50 bits per heavy atom. The van der Waals surface area contributed by atoms with Crippen LogP contribution in [0.3, 0.4) is 0 Å². The second kappa shape index (κ2) is 8.44. The summed E-state index contributed by atoms with van der Waals surface area (Å²) in [5.74, 6) is 0.476. The Morgan fingerprint density at radius 3 is 3.18 bits per heavy atom. The fraction of sp³-hybridized carbons (Fsp3) is 0.647. The van der Waals surface area contributed by atoms with Gasteiger partial charge in [-0.2, -0.15) is 0 Å². The number of rotatable bonds is 7. The summed E-state index contributed by atoms with van der Waals surface area (Å²) < 4.78 is 5.58. The van der Waals surface area contributed by atoms with Crippen molar-refractivity contribution in [1.82, 2.24) is 9.88 Å². The van der Waals surface area contributed by atoms with Crippen molar-refractivity contribution in [2.75, 3.05) is 19.7 Å². The summed E-state index contributed by atoms with van der Waals surface area (Å²) in [6.07, 6.45) is 5.34. The molecule has 0 aromatic carbocycles. The molecule has 1 aromatic heterocycles. The Balaban J connectivity index is 1.91. The van der Waals surface area contributed by atoms with Gasteiger partial charge in [-0.3, -0.25) is 4.79 Å². The molecule has 0 spiro atoms. The minimum atomic E-state index is -0.374. The lowest BCUT2D eigenvalue weighted by atomic mass is 9.98. The number of hydrogen-bond donors (Lipinski definition) is 0. The van der Waals surface area contributed by atoms with Crippen LogP contribution in [-0.2, 0) is 16.0 Å². The molecule has 2 atom stereocenters. The highest BCUT2D eigenvalue weighted by Gasteiger charge is 2.29. The molecule has 0 N–H and O–H groups in total. The van der Waals surface area contributed by atoms with E-state index in [9.17, 15) is 4.79 Å². The Bertz CT molecular complexity index is 501. The number of amides is 1. The molecule has 4 nitrogen and oxygen atoms in total. The van der Waals surface area contributed by atoms with E-state index >= 15 is 0 Å². The minimum absolute atomic E-state index is 0.0982. The monoisotopic (exact) mass is 322 g/mol. The van der Waals surface area contributed by atoms with E-state index < -0.39 is 0 Å². The molecule has 0 bridgehead atoms. The molecular formula is C17H26N2O2S. The lowest BCUT2D eigenvalue weighted by Gasteiger charge is -2.33. The SMILES string of the molecule is C=CCCO[C@@H](C)C(=O)N1CCC[C@@H](c2nc(CC)cs2)C1. The van der Waals surface area contributed by atoms with Crippen LogP contribution in [-0.4, -0.2) is 41.6 Å². The highest BCUT2D eigenvalue weighted by atomic mass is 32.1. The molecule has 0 unspecified atom stereocenters. The van der Waals surface area contributed by atoms with Crippen LogP contribution in [0.1, 0.15) is 49.7 Å². The standard InChI is InChI=1S/C17H26N2O2S/c1-4-6-10-21-13(3)17(20)19-9-7-8-14(11-19)16-18-15(5-2)12-22-16/h4,12-14H,1,5-11H2,2-3H3/t13-,14+/m0/s1. The quantitative estimate of drug-likeness (QED) is 0.571. The first-order valence-electron chi connectivity index (χ1n) is 8.11. The van der Waals surface area contributed by atoms with Gasteiger partial charge in [-0.1, -0.05) is 13.0 Å². The van der Waals surface area contributed by atoms with Gasteiger partial charge >= 0.3 is 0 Å². The zero-order valence-electron chi connectivity index (χ0n) is 13.6. The average Bonchev–Trinajstić information content (AvgIpc) is 3.03. The van der Waals surface area contributed by atoms with Gasteiger partial charge in [-0.05, 0) is 32.6 Å². The van der Waals surface area contributed by atoms with E-state index in [4.69, 9.17) is 4.74 Å². The minimum Gasteiger partial charge on any atom is -0.368 e. The molecule has 2 rings (SSSR count). The van der Waals surface area contributed by atoms with E-state index in [0.717, 1.165) is 44.5 Å². The van der Waals surface area contributed by atoms with Crippen LogP contribution in [0.2, 0.25) is 0 Å². The first-order valence-corrected chi connectivity index (χ1v) is 8.99. The molecule has 5 heteroatoms. The predicted molar refractivity (Wildman–Crippen MR) is 90.3 cm³/mol. The van der Waals surface area contributed by atoms with Crippen LogP contribution < -0.4 is 0 Å². The maximum Gasteiger partial charge on any atom is 0.251 e. The molecule has 1 aliphatic heterocycles. The third-order valence-corrected chi connectivity index (χ3v) is 5.11. The number of likely N-dealkylation sites (tertiary alicyclic amines) is 1. The highest BCUT2D eigenvalue weighted by Crippen LogP contribution is 2.29. The van der Waals surface area contributed by atoms with E-state index in [1.807, 2.05) is 17.9 Å². The van der Waals surface area contributed by atoms with Crippen molar-refractivity contribution in [3.8, 4) is 0 Å².